The topological polar surface area (TPSA) is 51.9 Å². The van der Waals surface area contributed by atoms with Crippen LogP contribution in [0.4, 0.5) is 5.69 Å². The highest BCUT2D eigenvalue weighted by Gasteiger charge is 2.16. The smallest absolute Gasteiger partial charge is 0.228 e. The number of carbonyl (C=O) groups is 1. The first-order chi connectivity index (χ1) is 11.4. The van der Waals surface area contributed by atoms with E-state index in [0.29, 0.717) is 12.5 Å². The number of para-hydroxylation sites is 1. The minimum Gasteiger partial charge on any atom is -0.345 e. The molecule has 3 rings (SSSR count). The summed E-state index contributed by atoms with van der Waals surface area (Å²) < 4.78 is 4.01. The van der Waals surface area contributed by atoms with Gasteiger partial charge in [0.05, 0.1) is 23.5 Å². The number of rotatable bonds is 4. The van der Waals surface area contributed by atoms with Crippen molar-refractivity contribution in [1.82, 2.24) is 14.3 Å². The number of anilines is 1. The Morgan fingerprint density at radius 2 is 1.96 bits per heavy atom. The number of benzene rings is 1. The average Bonchev–Trinajstić information content (AvgIpc) is 3.01. The fourth-order valence-corrected chi connectivity index (χ4v) is 3.16. The molecule has 0 aliphatic rings. The van der Waals surface area contributed by atoms with Crippen molar-refractivity contribution in [2.75, 3.05) is 5.32 Å². The highest BCUT2D eigenvalue weighted by molar-refractivity contribution is 5.96. The lowest BCUT2D eigenvalue weighted by Crippen LogP contribution is -2.15. The molecule has 3 aromatic rings. The minimum atomic E-state index is -0.0131. The van der Waals surface area contributed by atoms with Gasteiger partial charge in [-0.2, -0.15) is 5.10 Å². The SMILES string of the molecule is Cc1nn(C)c(C)c1NC(=O)Cc1cn(C(C)C)c2ccccc12. The summed E-state index contributed by atoms with van der Waals surface area (Å²) in [6.45, 7) is 8.17. The molecule has 0 aliphatic carbocycles. The van der Waals surface area contributed by atoms with Crippen LogP contribution in [0.15, 0.2) is 30.5 Å². The largest absolute Gasteiger partial charge is 0.345 e. The zero-order valence-electron chi connectivity index (χ0n) is 14.9. The fraction of sp³-hybridized carbons (Fsp3) is 0.368. The van der Waals surface area contributed by atoms with Crippen LogP contribution in [0.1, 0.15) is 36.8 Å². The Morgan fingerprint density at radius 1 is 1.25 bits per heavy atom. The van der Waals surface area contributed by atoms with Gasteiger partial charge in [0.15, 0.2) is 0 Å². The van der Waals surface area contributed by atoms with Crippen LogP contribution in [0.5, 0.6) is 0 Å². The number of hydrogen-bond acceptors (Lipinski definition) is 2. The van der Waals surface area contributed by atoms with Gasteiger partial charge < -0.3 is 9.88 Å². The second-order valence-corrected chi connectivity index (χ2v) is 6.57. The van der Waals surface area contributed by atoms with Gasteiger partial charge in [-0.3, -0.25) is 9.48 Å². The van der Waals surface area contributed by atoms with E-state index in [-0.39, 0.29) is 5.91 Å². The van der Waals surface area contributed by atoms with E-state index >= 15 is 0 Å². The van der Waals surface area contributed by atoms with Gasteiger partial charge in [-0.25, -0.2) is 0 Å². The Balaban J connectivity index is 1.88. The predicted molar refractivity (Wildman–Crippen MR) is 97.3 cm³/mol. The van der Waals surface area contributed by atoms with E-state index in [1.807, 2.05) is 33.0 Å². The van der Waals surface area contributed by atoms with Crippen LogP contribution in [0.25, 0.3) is 10.9 Å². The van der Waals surface area contributed by atoms with E-state index in [2.05, 4.69) is 47.2 Å². The molecule has 2 heterocycles. The van der Waals surface area contributed by atoms with Crippen LogP contribution >= 0.6 is 0 Å². The van der Waals surface area contributed by atoms with Crippen LogP contribution in [0, 0.1) is 13.8 Å². The van der Waals surface area contributed by atoms with Crippen molar-refractivity contribution in [3.63, 3.8) is 0 Å². The van der Waals surface area contributed by atoms with E-state index in [1.54, 1.807) is 4.68 Å². The normalized spacial score (nSPS) is 11.4. The molecule has 0 aliphatic heterocycles. The minimum absolute atomic E-state index is 0.0131. The molecule has 0 fully saturated rings. The number of carbonyl (C=O) groups excluding carboxylic acids is 1. The molecule has 0 spiro atoms. The van der Waals surface area contributed by atoms with Crippen LogP contribution < -0.4 is 5.32 Å². The predicted octanol–water partition coefficient (Wildman–Crippen LogP) is 3.75. The number of aromatic nitrogens is 3. The second kappa shape index (κ2) is 6.15. The Hall–Kier alpha value is -2.56. The molecule has 2 aromatic heterocycles. The van der Waals surface area contributed by atoms with E-state index in [9.17, 15) is 4.79 Å². The van der Waals surface area contributed by atoms with Crippen molar-refractivity contribution in [2.24, 2.45) is 7.05 Å². The van der Waals surface area contributed by atoms with Gasteiger partial charge >= 0.3 is 0 Å². The van der Waals surface area contributed by atoms with E-state index in [0.717, 1.165) is 28.0 Å². The van der Waals surface area contributed by atoms with E-state index < -0.39 is 0 Å². The molecule has 5 nitrogen and oxygen atoms in total. The number of amides is 1. The van der Waals surface area contributed by atoms with Gasteiger partial charge in [-0.1, -0.05) is 18.2 Å². The summed E-state index contributed by atoms with van der Waals surface area (Å²) in [5, 5.41) is 8.51. The summed E-state index contributed by atoms with van der Waals surface area (Å²) in [7, 11) is 1.88. The standard InChI is InChI=1S/C19H24N4O/c1-12(2)23-11-15(16-8-6-7-9-17(16)23)10-18(24)20-19-13(3)21-22(5)14(19)4/h6-9,11-12H,10H2,1-5H3,(H,20,24). The molecule has 126 valence electrons. The van der Waals surface area contributed by atoms with E-state index in [1.165, 1.54) is 5.52 Å². The highest BCUT2D eigenvalue weighted by atomic mass is 16.1. The van der Waals surface area contributed by atoms with Gasteiger partial charge in [-0.05, 0) is 39.3 Å². The number of hydrogen-bond donors (Lipinski definition) is 1. The molecule has 0 bridgehead atoms. The quantitative estimate of drug-likeness (QED) is 0.794. The molecule has 1 amide bonds. The third-order valence-corrected chi connectivity index (χ3v) is 4.50. The van der Waals surface area contributed by atoms with Gasteiger partial charge in [-0.15, -0.1) is 0 Å². The molecule has 0 unspecified atom stereocenters. The first kappa shape index (κ1) is 16.3. The average molecular weight is 324 g/mol. The number of nitrogens with zero attached hydrogens (tertiary/aromatic N) is 3. The lowest BCUT2D eigenvalue weighted by Gasteiger charge is -2.08. The van der Waals surface area contributed by atoms with Crippen molar-refractivity contribution in [3.8, 4) is 0 Å². The number of aryl methyl sites for hydroxylation is 2. The van der Waals surface area contributed by atoms with Crippen molar-refractivity contribution >= 4 is 22.5 Å². The third kappa shape index (κ3) is 2.82. The van der Waals surface area contributed by atoms with Crippen molar-refractivity contribution in [1.29, 1.82) is 0 Å². The maximum Gasteiger partial charge on any atom is 0.228 e. The van der Waals surface area contributed by atoms with Crippen LogP contribution in [-0.4, -0.2) is 20.3 Å². The molecule has 24 heavy (non-hydrogen) atoms. The van der Waals surface area contributed by atoms with Gasteiger partial charge in [0.2, 0.25) is 5.91 Å². The summed E-state index contributed by atoms with van der Waals surface area (Å²) in [6.07, 6.45) is 2.45. The zero-order valence-corrected chi connectivity index (χ0v) is 14.9. The lowest BCUT2D eigenvalue weighted by molar-refractivity contribution is -0.115. The third-order valence-electron chi connectivity index (χ3n) is 4.50. The molecule has 1 aromatic carbocycles. The highest BCUT2D eigenvalue weighted by Crippen LogP contribution is 2.26. The molecule has 0 saturated carbocycles. The zero-order chi connectivity index (χ0) is 17.4. The number of nitrogens with one attached hydrogen (secondary N) is 1. The fourth-order valence-electron chi connectivity index (χ4n) is 3.16. The lowest BCUT2D eigenvalue weighted by atomic mass is 10.1. The molecule has 1 N–H and O–H groups in total. The Morgan fingerprint density at radius 3 is 2.58 bits per heavy atom. The van der Waals surface area contributed by atoms with Gasteiger partial charge in [0, 0.05) is 30.2 Å². The molecule has 0 atom stereocenters. The first-order valence-corrected chi connectivity index (χ1v) is 8.27. The Labute approximate surface area is 142 Å². The monoisotopic (exact) mass is 324 g/mol. The van der Waals surface area contributed by atoms with Crippen LogP contribution in [0.2, 0.25) is 0 Å². The maximum absolute atomic E-state index is 12.6. The summed E-state index contributed by atoms with van der Waals surface area (Å²) in [5.41, 5.74) is 4.84. The summed E-state index contributed by atoms with van der Waals surface area (Å²) in [5.74, 6) is -0.0131. The maximum atomic E-state index is 12.6. The molecule has 5 heteroatoms. The van der Waals surface area contributed by atoms with E-state index in [4.69, 9.17) is 0 Å². The summed E-state index contributed by atoms with van der Waals surface area (Å²) in [6, 6.07) is 8.59. The second-order valence-electron chi connectivity index (χ2n) is 6.57. The van der Waals surface area contributed by atoms with Gasteiger partial charge in [0.1, 0.15) is 0 Å². The number of fused-ring (bicyclic) bond motifs is 1. The Kier molecular flexibility index (Phi) is 4.18. The molecular formula is C19H24N4O. The molecular weight excluding hydrogens is 300 g/mol. The van der Waals surface area contributed by atoms with Crippen LogP contribution in [-0.2, 0) is 18.3 Å². The van der Waals surface area contributed by atoms with Crippen molar-refractivity contribution in [3.05, 3.63) is 47.4 Å². The molecule has 0 radical (unpaired) electrons. The molecule has 0 saturated heterocycles. The summed E-state index contributed by atoms with van der Waals surface area (Å²) >= 11 is 0. The van der Waals surface area contributed by atoms with Crippen LogP contribution in [0.3, 0.4) is 0 Å². The summed E-state index contributed by atoms with van der Waals surface area (Å²) in [4.78, 5) is 12.6. The first-order valence-electron chi connectivity index (χ1n) is 8.27. The van der Waals surface area contributed by atoms with Crippen molar-refractivity contribution < 1.29 is 4.79 Å². The van der Waals surface area contributed by atoms with Gasteiger partial charge in [0.25, 0.3) is 0 Å². The Bertz CT molecular complexity index is 902. The van der Waals surface area contributed by atoms with Crippen molar-refractivity contribution in [2.45, 2.75) is 40.2 Å².